The van der Waals surface area contributed by atoms with Crippen LogP contribution in [0.5, 0.6) is 0 Å². The number of aryl methyl sites for hydroxylation is 1. The van der Waals surface area contributed by atoms with E-state index >= 15 is 0 Å². The fourth-order valence-corrected chi connectivity index (χ4v) is 1.98. The van der Waals surface area contributed by atoms with E-state index in [0.29, 0.717) is 5.69 Å². The molecule has 1 aromatic carbocycles. The Labute approximate surface area is 119 Å². The molecular weight excluding hydrogens is 250 g/mol. The van der Waals surface area contributed by atoms with Crippen LogP contribution in [0.2, 0.25) is 0 Å². The van der Waals surface area contributed by atoms with E-state index in [2.05, 4.69) is 25.8 Å². The summed E-state index contributed by atoms with van der Waals surface area (Å²) in [5.74, 6) is -0.950. The first-order chi connectivity index (χ1) is 9.29. The second-order valence-electron chi connectivity index (χ2n) is 6.01. The molecule has 0 spiro atoms. The van der Waals surface area contributed by atoms with E-state index in [0.717, 1.165) is 16.8 Å². The third-order valence-corrected chi connectivity index (χ3v) is 3.22. The summed E-state index contributed by atoms with van der Waals surface area (Å²) in [7, 11) is 0. The summed E-state index contributed by atoms with van der Waals surface area (Å²) in [5.41, 5.74) is 3.51. The van der Waals surface area contributed by atoms with Crippen molar-refractivity contribution in [2.24, 2.45) is 0 Å². The number of hydrogen-bond donors (Lipinski definition) is 1. The van der Waals surface area contributed by atoms with Crippen LogP contribution < -0.4 is 0 Å². The highest BCUT2D eigenvalue weighted by atomic mass is 16.4. The second-order valence-corrected chi connectivity index (χ2v) is 6.01. The van der Waals surface area contributed by atoms with Crippen LogP contribution in [0.25, 0.3) is 11.3 Å². The maximum Gasteiger partial charge on any atom is 0.337 e. The van der Waals surface area contributed by atoms with Crippen LogP contribution in [0.3, 0.4) is 0 Å². The molecule has 3 nitrogen and oxygen atoms in total. The maximum absolute atomic E-state index is 11.4. The van der Waals surface area contributed by atoms with Crippen molar-refractivity contribution in [3.05, 3.63) is 53.2 Å². The Balaban J connectivity index is 2.64. The quantitative estimate of drug-likeness (QED) is 0.894. The number of aromatic carboxylic acids is 1. The minimum absolute atomic E-state index is 0.115. The van der Waals surface area contributed by atoms with E-state index in [1.807, 2.05) is 31.2 Å². The van der Waals surface area contributed by atoms with Gasteiger partial charge < -0.3 is 5.11 Å². The Hall–Kier alpha value is -2.16. The zero-order chi connectivity index (χ0) is 14.9. The summed E-state index contributed by atoms with van der Waals surface area (Å²) in [6, 6.07) is 11.2. The predicted molar refractivity (Wildman–Crippen MR) is 80.1 cm³/mol. The number of carbonyl (C=O) groups is 1. The summed E-state index contributed by atoms with van der Waals surface area (Å²) >= 11 is 0. The third kappa shape index (κ3) is 2.87. The van der Waals surface area contributed by atoms with Gasteiger partial charge in [0.2, 0.25) is 0 Å². The van der Waals surface area contributed by atoms with Gasteiger partial charge in [-0.2, -0.15) is 0 Å². The number of nitrogens with zero attached hydrogens (tertiary/aromatic N) is 1. The van der Waals surface area contributed by atoms with Crippen LogP contribution in [-0.4, -0.2) is 16.1 Å². The summed E-state index contributed by atoms with van der Waals surface area (Å²) in [5, 5.41) is 9.34. The molecule has 0 fully saturated rings. The molecule has 104 valence electrons. The summed E-state index contributed by atoms with van der Waals surface area (Å²) in [4.78, 5) is 16.0. The molecule has 0 atom stereocenters. The average molecular weight is 269 g/mol. The molecule has 0 unspecified atom stereocenters. The van der Waals surface area contributed by atoms with Crippen LogP contribution >= 0.6 is 0 Å². The van der Waals surface area contributed by atoms with Gasteiger partial charge in [0.1, 0.15) is 0 Å². The lowest BCUT2D eigenvalue weighted by Gasteiger charge is -2.19. The number of carboxylic acids is 1. The lowest BCUT2D eigenvalue weighted by Crippen LogP contribution is -2.15. The highest BCUT2D eigenvalue weighted by Gasteiger charge is 2.20. The molecule has 0 aliphatic heterocycles. The highest BCUT2D eigenvalue weighted by Crippen LogP contribution is 2.27. The first-order valence-electron chi connectivity index (χ1n) is 6.61. The van der Waals surface area contributed by atoms with E-state index in [4.69, 9.17) is 0 Å². The molecule has 0 bridgehead atoms. The van der Waals surface area contributed by atoms with Crippen molar-refractivity contribution >= 4 is 5.97 Å². The fraction of sp³-hybridized carbons (Fsp3) is 0.294. The third-order valence-electron chi connectivity index (χ3n) is 3.22. The zero-order valence-electron chi connectivity index (χ0n) is 12.3. The maximum atomic E-state index is 11.4. The Morgan fingerprint density at radius 3 is 2.15 bits per heavy atom. The first-order valence-corrected chi connectivity index (χ1v) is 6.61. The molecule has 0 radical (unpaired) electrons. The molecule has 0 amide bonds. The van der Waals surface area contributed by atoms with Crippen molar-refractivity contribution < 1.29 is 9.90 Å². The Bertz CT molecular complexity index is 637. The summed E-state index contributed by atoms with van der Waals surface area (Å²) < 4.78 is 0. The van der Waals surface area contributed by atoms with Crippen molar-refractivity contribution in [3.8, 4) is 11.3 Å². The standard InChI is InChI=1S/C17H19NO2/c1-11-5-7-12(8-6-11)15-13(16(19)20)9-10-14(18-15)17(2,3)4/h5-10H,1-4H3,(H,19,20). The van der Waals surface area contributed by atoms with E-state index in [1.165, 1.54) is 0 Å². The Morgan fingerprint density at radius 1 is 1.05 bits per heavy atom. The van der Waals surface area contributed by atoms with Gasteiger partial charge in [0, 0.05) is 16.7 Å². The Morgan fingerprint density at radius 2 is 1.65 bits per heavy atom. The van der Waals surface area contributed by atoms with Crippen LogP contribution in [0.1, 0.15) is 42.4 Å². The van der Waals surface area contributed by atoms with Gasteiger partial charge in [-0.25, -0.2) is 4.79 Å². The lowest BCUT2D eigenvalue weighted by atomic mass is 9.90. The van der Waals surface area contributed by atoms with Gasteiger partial charge in [0.05, 0.1) is 11.3 Å². The number of pyridine rings is 1. The van der Waals surface area contributed by atoms with Crippen molar-refractivity contribution in [2.45, 2.75) is 33.1 Å². The van der Waals surface area contributed by atoms with Crippen LogP contribution in [0, 0.1) is 6.92 Å². The number of carboxylic acid groups (broad SMARTS) is 1. The minimum atomic E-state index is -0.950. The molecule has 0 aliphatic carbocycles. The lowest BCUT2D eigenvalue weighted by molar-refractivity contribution is 0.0697. The zero-order valence-corrected chi connectivity index (χ0v) is 12.3. The molecule has 3 heteroatoms. The van der Waals surface area contributed by atoms with Gasteiger partial charge in [-0.15, -0.1) is 0 Å². The molecular formula is C17H19NO2. The molecule has 0 aliphatic rings. The topological polar surface area (TPSA) is 50.2 Å². The SMILES string of the molecule is Cc1ccc(-c2nc(C(C)(C)C)ccc2C(=O)O)cc1. The molecule has 1 aromatic heterocycles. The van der Waals surface area contributed by atoms with E-state index in [9.17, 15) is 9.90 Å². The molecule has 0 saturated heterocycles. The van der Waals surface area contributed by atoms with E-state index in [1.54, 1.807) is 12.1 Å². The normalized spacial score (nSPS) is 11.4. The molecule has 20 heavy (non-hydrogen) atoms. The van der Waals surface area contributed by atoms with Gasteiger partial charge in [-0.3, -0.25) is 4.98 Å². The molecule has 1 heterocycles. The first kappa shape index (κ1) is 14.3. The number of benzene rings is 1. The fourth-order valence-electron chi connectivity index (χ4n) is 1.98. The number of hydrogen-bond acceptors (Lipinski definition) is 2. The van der Waals surface area contributed by atoms with Crippen molar-refractivity contribution in [2.75, 3.05) is 0 Å². The number of rotatable bonds is 2. The van der Waals surface area contributed by atoms with Gasteiger partial charge in [0.15, 0.2) is 0 Å². The average Bonchev–Trinajstić information content (AvgIpc) is 2.37. The summed E-state index contributed by atoms with van der Waals surface area (Å²) in [6.07, 6.45) is 0. The van der Waals surface area contributed by atoms with Gasteiger partial charge in [-0.1, -0.05) is 50.6 Å². The van der Waals surface area contributed by atoms with E-state index in [-0.39, 0.29) is 11.0 Å². The molecule has 2 aromatic rings. The molecule has 1 N–H and O–H groups in total. The van der Waals surface area contributed by atoms with Crippen molar-refractivity contribution in [1.82, 2.24) is 4.98 Å². The van der Waals surface area contributed by atoms with Gasteiger partial charge in [0.25, 0.3) is 0 Å². The van der Waals surface area contributed by atoms with E-state index < -0.39 is 5.97 Å². The molecule has 2 rings (SSSR count). The largest absolute Gasteiger partial charge is 0.478 e. The minimum Gasteiger partial charge on any atom is -0.478 e. The van der Waals surface area contributed by atoms with Gasteiger partial charge >= 0.3 is 5.97 Å². The monoisotopic (exact) mass is 269 g/mol. The van der Waals surface area contributed by atoms with Crippen molar-refractivity contribution in [3.63, 3.8) is 0 Å². The predicted octanol–water partition coefficient (Wildman–Crippen LogP) is 4.05. The summed E-state index contributed by atoms with van der Waals surface area (Å²) in [6.45, 7) is 8.19. The van der Waals surface area contributed by atoms with Crippen LogP contribution in [-0.2, 0) is 5.41 Å². The molecule has 0 saturated carbocycles. The van der Waals surface area contributed by atoms with Crippen molar-refractivity contribution in [1.29, 1.82) is 0 Å². The van der Waals surface area contributed by atoms with Gasteiger partial charge in [-0.05, 0) is 19.1 Å². The smallest absolute Gasteiger partial charge is 0.337 e. The van der Waals surface area contributed by atoms with Crippen LogP contribution in [0.15, 0.2) is 36.4 Å². The van der Waals surface area contributed by atoms with Crippen LogP contribution in [0.4, 0.5) is 0 Å². The number of aromatic nitrogens is 1. The second kappa shape index (κ2) is 5.08. The highest BCUT2D eigenvalue weighted by molar-refractivity contribution is 5.94. The Kier molecular flexibility index (Phi) is 3.62.